The molecule has 0 aliphatic carbocycles. The highest BCUT2D eigenvalue weighted by atomic mass is 16.5. The van der Waals surface area contributed by atoms with Crippen LogP contribution in [-0.2, 0) is 16.0 Å². The number of nitrogens with zero attached hydrogens (tertiary/aromatic N) is 2. The van der Waals surface area contributed by atoms with E-state index in [-0.39, 0.29) is 5.60 Å². The monoisotopic (exact) mass is 357 g/mol. The number of methoxy groups -OCH3 is 1. The summed E-state index contributed by atoms with van der Waals surface area (Å²) in [5.41, 5.74) is 2.21. The van der Waals surface area contributed by atoms with Crippen LogP contribution in [0.1, 0.15) is 31.2 Å². The average Bonchev–Trinajstić information content (AvgIpc) is 3.16. The third-order valence-corrected chi connectivity index (χ3v) is 5.45. The van der Waals surface area contributed by atoms with Gasteiger partial charge in [0, 0.05) is 50.2 Å². The van der Waals surface area contributed by atoms with Crippen LogP contribution in [0.2, 0.25) is 0 Å². The molecule has 2 aromatic rings. The molecule has 0 amide bonds. The quantitative estimate of drug-likeness (QED) is 0.892. The van der Waals surface area contributed by atoms with Crippen LogP contribution in [0.4, 0.5) is 0 Å². The van der Waals surface area contributed by atoms with Crippen LogP contribution in [-0.4, -0.2) is 48.4 Å². The average molecular weight is 357 g/mol. The Kier molecular flexibility index (Phi) is 5.24. The molecule has 6 nitrogen and oxygen atoms in total. The molecule has 1 atom stereocenters. The summed E-state index contributed by atoms with van der Waals surface area (Å²) < 4.78 is 18.8. The van der Waals surface area contributed by atoms with E-state index in [2.05, 4.69) is 16.6 Å². The van der Waals surface area contributed by atoms with E-state index in [9.17, 15) is 0 Å². The molecule has 0 saturated carbocycles. The third kappa shape index (κ3) is 3.92. The smallest absolute Gasteiger partial charge is 0.121 e. The van der Waals surface area contributed by atoms with Crippen molar-refractivity contribution in [2.24, 2.45) is 0 Å². The second kappa shape index (κ2) is 7.78. The molecule has 0 radical (unpaired) electrons. The molecule has 1 aromatic carbocycles. The number of hydrogen-bond acceptors (Lipinski definition) is 5. The molecule has 2 saturated heterocycles. The van der Waals surface area contributed by atoms with Crippen molar-refractivity contribution in [3.8, 4) is 11.4 Å². The molecule has 1 aromatic heterocycles. The molecule has 1 N–H and O–H groups in total. The number of benzene rings is 1. The second-order valence-corrected chi connectivity index (χ2v) is 7.21. The van der Waals surface area contributed by atoms with Gasteiger partial charge in [-0.05, 0) is 37.8 Å². The fourth-order valence-electron chi connectivity index (χ4n) is 3.90. The minimum Gasteiger partial charge on any atom is -0.497 e. The maximum absolute atomic E-state index is 6.12. The molecule has 1 spiro atoms. The van der Waals surface area contributed by atoms with Gasteiger partial charge >= 0.3 is 0 Å². The lowest BCUT2D eigenvalue weighted by Crippen LogP contribution is -2.49. The van der Waals surface area contributed by atoms with Crippen molar-refractivity contribution in [2.45, 2.75) is 43.9 Å². The molecule has 140 valence electrons. The highest BCUT2D eigenvalue weighted by molar-refractivity contribution is 5.38. The Labute approximate surface area is 154 Å². The molecular weight excluding hydrogens is 330 g/mol. The number of hydrogen-bond donors (Lipinski definition) is 1. The van der Waals surface area contributed by atoms with Crippen molar-refractivity contribution < 1.29 is 14.2 Å². The Morgan fingerprint density at radius 1 is 1.31 bits per heavy atom. The zero-order chi connectivity index (χ0) is 17.8. The minimum atomic E-state index is 0.0267. The predicted molar refractivity (Wildman–Crippen MR) is 98.7 cm³/mol. The van der Waals surface area contributed by atoms with E-state index in [0.29, 0.717) is 6.04 Å². The predicted octanol–water partition coefficient (Wildman–Crippen LogP) is 2.70. The van der Waals surface area contributed by atoms with Gasteiger partial charge < -0.3 is 19.5 Å². The largest absolute Gasteiger partial charge is 0.497 e. The maximum atomic E-state index is 6.12. The second-order valence-electron chi connectivity index (χ2n) is 7.21. The van der Waals surface area contributed by atoms with E-state index in [1.807, 2.05) is 35.1 Å². The fraction of sp³-hybridized carbons (Fsp3) is 0.550. The van der Waals surface area contributed by atoms with Crippen LogP contribution >= 0.6 is 0 Å². The summed E-state index contributed by atoms with van der Waals surface area (Å²) >= 11 is 0. The van der Waals surface area contributed by atoms with E-state index in [0.717, 1.165) is 63.5 Å². The Hall–Kier alpha value is -1.89. The molecule has 4 rings (SSSR count). The lowest BCUT2D eigenvalue weighted by molar-refractivity contribution is -0.140. The topological polar surface area (TPSA) is 57.5 Å². The van der Waals surface area contributed by atoms with Gasteiger partial charge in [-0.25, -0.2) is 4.68 Å². The maximum Gasteiger partial charge on any atom is 0.121 e. The van der Waals surface area contributed by atoms with E-state index in [1.54, 1.807) is 7.11 Å². The van der Waals surface area contributed by atoms with Gasteiger partial charge in [0.15, 0.2) is 0 Å². The highest BCUT2D eigenvalue weighted by Gasteiger charge is 2.38. The van der Waals surface area contributed by atoms with Crippen LogP contribution < -0.4 is 10.1 Å². The van der Waals surface area contributed by atoms with Crippen LogP contribution in [0.5, 0.6) is 5.75 Å². The van der Waals surface area contributed by atoms with Gasteiger partial charge in [0.1, 0.15) is 5.75 Å². The zero-order valence-corrected chi connectivity index (χ0v) is 15.3. The van der Waals surface area contributed by atoms with E-state index < -0.39 is 0 Å². The van der Waals surface area contributed by atoms with Gasteiger partial charge in [0.2, 0.25) is 0 Å². The first-order chi connectivity index (χ1) is 12.8. The summed E-state index contributed by atoms with van der Waals surface area (Å²) in [5, 5.41) is 8.19. The number of aromatic nitrogens is 2. The minimum absolute atomic E-state index is 0.0267. The van der Waals surface area contributed by atoms with Crippen molar-refractivity contribution in [2.75, 3.05) is 26.9 Å². The first-order valence-electron chi connectivity index (χ1n) is 9.39. The standard InChI is InChI=1S/C20H27N3O3/c1-24-19-4-2-3-18(11-19)23-15-16(14-22-23)13-21-17-5-8-26-20(12-17)6-9-25-10-7-20/h2-4,11,14-15,17,21H,5-10,12-13H2,1H3/t17-/m0/s1. The van der Waals surface area contributed by atoms with Crippen molar-refractivity contribution >= 4 is 0 Å². The van der Waals surface area contributed by atoms with Crippen molar-refractivity contribution in [3.05, 3.63) is 42.2 Å². The Morgan fingerprint density at radius 3 is 3.04 bits per heavy atom. The summed E-state index contributed by atoms with van der Waals surface area (Å²) in [5.74, 6) is 0.835. The molecule has 2 aliphatic heterocycles. The molecular formula is C20H27N3O3. The van der Waals surface area contributed by atoms with Gasteiger partial charge in [-0.15, -0.1) is 0 Å². The van der Waals surface area contributed by atoms with Gasteiger partial charge in [0.05, 0.1) is 24.6 Å². The summed E-state index contributed by atoms with van der Waals surface area (Å²) in [7, 11) is 1.68. The van der Waals surface area contributed by atoms with Gasteiger partial charge in [0.25, 0.3) is 0 Å². The van der Waals surface area contributed by atoms with Crippen LogP contribution in [0.3, 0.4) is 0 Å². The van der Waals surface area contributed by atoms with Crippen LogP contribution in [0.15, 0.2) is 36.7 Å². The highest BCUT2D eigenvalue weighted by Crippen LogP contribution is 2.34. The molecule has 6 heteroatoms. The summed E-state index contributed by atoms with van der Waals surface area (Å²) in [4.78, 5) is 0. The molecule has 3 heterocycles. The first kappa shape index (κ1) is 17.5. The first-order valence-corrected chi connectivity index (χ1v) is 9.39. The van der Waals surface area contributed by atoms with Crippen molar-refractivity contribution in [1.29, 1.82) is 0 Å². The number of nitrogens with one attached hydrogen (secondary N) is 1. The molecule has 0 bridgehead atoms. The van der Waals surface area contributed by atoms with E-state index in [4.69, 9.17) is 14.2 Å². The molecule has 0 unspecified atom stereocenters. The molecule has 2 fully saturated rings. The lowest BCUT2D eigenvalue weighted by atomic mass is 9.84. The van der Waals surface area contributed by atoms with Crippen molar-refractivity contribution in [1.82, 2.24) is 15.1 Å². The number of ether oxygens (including phenoxy) is 3. The van der Waals surface area contributed by atoms with Crippen molar-refractivity contribution in [3.63, 3.8) is 0 Å². The summed E-state index contributed by atoms with van der Waals surface area (Å²) in [6.45, 7) is 3.29. The Morgan fingerprint density at radius 2 is 2.19 bits per heavy atom. The number of rotatable bonds is 5. The Bertz CT molecular complexity index is 719. The van der Waals surface area contributed by atoms with Gasteiger partial charge in [-0.3, -0.25) is 0 Å². The SMILES string of the molecule is COc1cccc(-n2cc(CN[C@H]3CCOC4(CCOCC4)C3)cn2)c1. The molecule has 26 heavy (non-hydrogen) atoms. The van der Waals surface area contributed by atoms with Crippen LogP contribution in [0, 0.1) is 0 Å². The third-order valence-electron chi connectivity index (χ3n) is 5.45. The van der Waals surface area contributed by atoms with Crippen LogP contribution in [0.25, 0.3) is 5.69 Å². The molecule has 2 aliphatic rings. The van der Waals surface area contributed by atoms with Gasteiger partial charge in [-0.2, -0.15) is 5.10 Å². The normalized spacial score (nSPS) is 22.4. The zero-order valence-electron chi connectivity index (χ0n) is 15.3. The van der Waals surface area contributed by atoms with E-state index in [1.165, 1.54) is 5.56 Å². The summed E-state index contributed by atoms with van der Waals surface area (Å²) in [6, 6.07) is 8.41. The summed E-state index contributed by atoms with van der Waals surface area (Å²) in [6.07, 6.45) is 8.16. The lowest BCUT2D eigenvalue weighted by Gasteiger charge is -2.43. The Balaban J connectivity index is 1.35. The fourth-order valence-corrected chi connectivity index (χ4v) is 3.90. The van der Waals surface area contributed by atoms with E-state index >= 15 is 0 Å². The van der Waals surface area contributed by atoms with Gasteiger partial charge in [-0.1, -0.05) is 6.07 Å².